The van der Waals surface area contributed by atoms with Crippen LogP contribution in [0.15, 0.2) is 18.2 Å². The smallest absolute Gasteiger partial charge is 0.0398 e. The lowest BCUT2D eigenvalue weighted by Crippen LogP contribution is -2.43. The van der Waals surface area contributed by atoms with Gasteiger partial charge in [0.25, 0.3) is 0 Å². The molecule has 2 N–H and O–H groups in total. The number of hydrogen-bond donors (Lipinski definition) is 2. The second-order valence-electron chi connectivity index (χ2n) is 6.11. The van der Waals surface area contributed by atoms with E-state index in [1.165, 1.54) is 16.9 Å². The maximum absolute atomic E-state index is 3.52. The fraction of sp³-hybridized carbons (Fsp3) is 0.600. The van der Waals surface area contributed by atoms with Gasteiger partial charge in [-0.15, -0.1) is 0 Å². The average molecular weight is 247 g/mol. The number of rotatable bonds is 2. The van der Waals surface area contributed by atoms with Crippen molar-refractivity contribution in [2.45, 2.75) is 33.2 Å². The third-order valence-electron chi connectivity index (χ3n) is 3.17. The van der Waals surface area contributed by atoms with Gasteiger partial charge in [0, 0.05) is 43.1 Å². The van der Waals surface area contributed by atoms with Crippen LogP contribution >= 0.6 is 0 Å². The van der Waals surface area contributed by atoms with Crippen LogP contribution in [0.25, 0.3) is 0 Å². The number of anilines is 2. The summed E-state index contributed by atoms with van der Waals surface area (Å²) in [6.45, 7) is 13.1. The first kappa shape index (κ1) is 13.2. The van der Waals surface area contributed by atoms with Crippen LogP contribution in [-0.2, 0) is 0 Å². The van der Waals surface area contributed by atoms with Crippen LogP contribution in [0.4, 0.5) is 11.4 Å². The number of piperazine rings is 1. The van der Waals surface area contributed by atoms with Crippen molar-refractivity contribution in [3.8, 4) is 0 Å². The van der Waals surface area contributed by atoms with Crippen molar-refractivity contribution < 1.29 is 0 Å². The highest BCUT2D eigenvalue weighted by Crippen LogP contribution is 2.25. The van der Waals surface area contributed by atoms with Gasteiger partial charge in [0.15, 0.2) is 0 Å². The molecule has 1 fully saturated rings. The van der Waals surface area contributed by atoms with Crippen LogP contribution in [-0.4, -0.2) is 31.7 Å². The van der Waals surface area contributed by atoms with E-state index in [1.54, 1.807) is 0 Å². The first-order valence-electron chi connectivity index (χ1n) is 6.80. The Kier molecular flexibility index (Phi) is 3.81. The molecule has 0 bridgehead atoms. The van der Waals surface area contributed by atoms with Crippen molar-refractivity contribution in [1.82, 2.24) is 5.32 Å². The molecule has 0 amide bonds. The SMILES string of the molecule is Cc1cc(NC(C)(C)C)ccc1N1CCNCC1. The summed E-state index contributed by atoms with van der Waals surface area (Å²) in [6, 6.07) is 6.69. The Morgan fingerprint density at radius 2 is 1.83 bits per heavy atom. The highest BCUT2D eigenvalue weighted by molar-refractivity contribution is 5.61. The number of aryl methyl sites for hydroxylation is 1. The molecule has 3 nitrogen and oxygen atoms in total. The molecule has 1 aromatic rings. The Hall–Kier alpha value is -1.22. The van der Waals surface area contributed by atoms with Crippen LogP contribution < -0.4 is 15.5 Å². The third-order valence-corrected chi connectivity index (χ3v) is 3.17. The molecular weight excluding hydrogens is 222 g/mol. The van der Waals surface area contributed by atoms with Crippen LogP contribution in [0.3, 0.4) is 0 Å². The van der Waals surface area contributed by atoms with Crippen LogP contribution in [0, 0.1) is 6.92 Å². The molecule has 0 spiro atoms. The van der Waals surface area contributed by atoms with Crippen molar-refractivity contribution in [3.63, 3.8) is 0 Å². The quantitative estimate of drug-likeness (QED) is 0.841. The minimum absolute atomic E-state index is 0.114. The van der Waals surface area contributed by atoms with Gasteiger partial charge in [-0.05, 0) is 51.5 Å². The summed E-state index contributed by atoms with van der Waals surface area (Å²) >= 11 is 0. The zero-order valence-electron chi connectivity index (χ0n) is 12.0. The van der Waals surface area contributed by atoms with Crippen LogP contribution in [0.2, 0.25) is 0 Å². The van der Waals surface area contributed by atoms with E-state index in [0.29, 0.717) is 0 Å². The molecule has 100 valence electrons. The molecular formula is C15H25N3. The lowest BCUT2D eigenvalue weighted by Gasteiger charge is -2.31. The monoisotopic (exact) mass is 247 g/mol. The van der Waals surface area contributed by atoms with Crippen molar-refractivity contribution in [1.29, 1.82) is 0 Å². The Morgan fingerprint density at radius 1 is 1.17 bits per heavy atom. The van der Waals surface area contributed by atoms with Gasteiger partial charge in [-0.25, -0.2) is 0 Å². The lowest BCUT2D eigenvalue weighted by molar-refractivity contribution is 0.588. The molecule has 1 aliphatic heterocycles. The molecule has 0 aliphatic carbocycles. The first-order chi connectivity index (χ1) is 8.46. The zero-order valence-corrected chi connectivity index (χ0v) is 12.0. The fourth-order valence-electron chi connectivity index (χ4n) is 2.43. The molecule has 1 aliphatic rings. The van der Waals surface area contributed by atoms with Gasteiger partial charge in [-0.3, -0.25) is 0 Å². The topological polar surface area (TPSA) is 27.3 Å². The molecule has 0 radical (unpaired) electrons. The first-order valence-corrected chi connectivity index (χ1v) is 6.80. The van der Waals surface area contributed by atoms with Gasteiger partial charge in [-0.1, -0.05) is 0 Å². The fourth-order valence-corrected chi connectivity index (χ4v) is 2.43. The van der Waals surface area contributed by atoms with E-state index in [1.807, 2.05) is 0 Å². The number of hydrogen-bond acceptors (Lipinski definition) is 3. The maximum Gasteiger partial charge on any atom is 0.0398 e. The Labute approximate surface area is 111 Å². The van der Waals surface area contributed by atoms with E-state index in [-0.39, 0.29) is 5.54 Å². The summed E-state index contributed by atoms with van der Waals surface area (Å²) in [5.41, 5.74) is 4.05. The average Bonchev–Trinajstić information content (AvgIpc) is 2.28. The molecule has 0 unspecified atom stereocenters. The Balaban J connectivity index is 2.14. The maximum atomic E-state index is 3.52. The van der Waals surface area contributed by atoms with E-state index in [2.05, 4.69) is 61.4 Å². The Morgan fingerprint density at radius 3 is 2.39 bits per heavy atom. The van der Waals surface area contributed by atoms with Crippen LogP contribution in [0.1, 0.15) is 26.3 Å². The van der Waals surface area contributed by atoms with Gasteiger partial charge in [-0.2, -0.15) is 0 Å². The van der Waals surface area contributed by atoms with Gasteiger partial charge < -0.3 is 15.5 Å². The minimum atomic E-state index is 0.114. The summed E-state index contributed by atoms with van der Waals surface area (Å²) in [4.78, 5) is 2.46. The standard InChI is InChI=1S/C15H25N3/c1-12-11-13(17-15(2,3)4)5-6-14(12)18-9-7-16-8-10-18/h5-6,11,16-17H,7-10H2,1-4H3. The van der Waals surface area contributed by atoms with Crippen molar-refractivity contribution in [2.24, 2.45) is 0 Å². The largest absolute Gasteiger partial charge is 0.380 e. The van der Waals surface area contributed by atoms with Crippen molar-refractivity contribution in [3.05, 3.63) is 23.8 Å². The Bertz CT molecular complexity index is 401. The second kappa shape index (κ2) is 5.19. The summed E-state index contributed by atoms with van der Waals surface area (Å²) in [6.07, 6.45) is 0. The molecule has 1 heterocycles. The number of benzene rings is 1. The molecule has 0 saturated carbocycles. The predicted molar refractivity (Wildman–Crippen MR) is 79.6 cm³/mol. The van der Waals surface area contributed by atoms with Gasteiger partial charge >= 0.3 is 0 Å². The van der Waals surface area contributed by atoms with E-state index < -0.39 is 0 Å². The number of nitrogens with one attached hydrogen (secondary N) is 2. The molecule has 2 rings (SSSR count). The van der Waals surface area contributed by atoms with E-state index in [9.17, 15) is 0 Å². The van der Waals surface area contributed by atoms with E-state index in [4.69, 9.17) is 0 Å². The zero-order chi connectivity index (χ0) is 13.2. The second-order valence-corrected chi connectivity index (χ2v) is 6.11. The molecule has 0 aromatic heterocycles. The molecule has 1 saturated heterocycles. The van der Waals surface area contributed by atoms with Crippen molar-refractivity contribution >= 4 is 11.4 Å². The van der Waals surface area contributed by atoms with Gasteiger partial charge in [0.1, 0.15) is 0 Å². The number of nitrogens with zero attached hydrogens (tertiary/aromatic N) is 1. The summed E-state index contributed by atoms with van der Waals surface area (Å²) < 4.78 is 0. The van der Waals surface area contributed by atoms with E-state index >= 15 is 0 Å². The van der Waals surface area contributed by atoms with Crippen LogP contribution in [0.5, 0.6) is 0 Å². The lowest BCUT2D eigenvalue weighted by atomic mass is 10.1. The molecule has 1 aromatic carbocycles. The molecule has 3 heteroatoms. The minimum Gasteiger partial charge on any atom is -0.380 e. The summed E-state index contributed by atoms with van der Waals surface area (Å²) in [7, 11) is 0. The van der Waals surface area contributed by atoms with E-state index in [0.717, 1.165) is 26.2 Å². The third kappa shape index (κ3) is 3.39. The highest BCUT2D eigenvalue weighted by atomic mass is 15.2. The van der Waals surface area contributed by atoms with Gasteiger partial charge in [0.05, 0.1) is 0 Å². The highest BCUT2D eigenvalue weighted by Gasteiger charge is 2.14. The molecule has 0 atom stereocenters. The summed E-state index contributed by atoms with van der Waals surface area (Å²) in [5, 5.41) is 6.91. The summed E-state index contributed by atoms with van der Waals surface area (Å²) in [5.74, 6) is 0. The van der Waals surface area contributed by atoms with Crippen molar-refractivity contribution in [2.75, 3.05) is 36.4 Å². The van der Waals surface area contributed by atoms with Gasteiger partial charge in [0.2, 0.25) is 0 Å². The molecule has 18 heavy (non-hydrogen) atoms. The normalized spacial score (nSPS) is 16.8. The predicted octanol–water partition coefficient (Wildman–Crippen LogP) is 2.62.